The first kappa shape index (κ1) is 16.4. The molecule has 1 fully saturated rings. The van der Waals surface area contributed by atoms with Crippen LogP contribution in [0.25, 0.3) is 0 Å². The van der Waals surface area contributed by atoms with Gasteiger partial charge >= 0.3 is 0 Å². The van der Waals surface area contributed by atoms with Crippen molar-refractivity contribution in [2.24, 2.45) is 5.41 Å². The lowest BCUT2D eigenvalue weighted by Crippen LogP contribution is -2.48. The Morgan fingerprint density at radius 2 is 1.95 bits per heavy atom. The quantitative estimate of drug-likeness (QED) is 0.741. The summed E-state index contributed by atoms with van der Waals surface area (Å²) >= 11 is 0. The zero-order valence-electron chi connectivity index (χ0n) is 12.7. The molecule has 1 unspecified atom stereocenters. The Morgan fingerprint density at radius 3 is 2.53 bits per heavy atom. The number of rotatable bonds is 7. The molecule has 1 saturated heterocycles. The minimum atomic E-state index is -0.105. The molecule has 19 heavy (non-hydrogen) atoms. The summed E-state index contributed by atoms with van der Waals surface area (Å²) in [6, 6.07) is -0.105. The highest BCUT2D eigenvalue weighted by molar-refractivity contribution is 5.81. The number of amides is 1. The van der Waals surface area contributed by atoms with Crippen LogP contribution in [0.1, 0.15) is 52.9 Å². The fourth-order valence-electron chi connectivity index (χ4n) is 2.55. The molecule has 0 aromatic heterocycles. The zero-order chi connectivity index (χ0) is 14.3. The molecular weight excluding hydrogens is 240 g/mol. The van der Waals surface area contributed by atoms with E-state index in [0.29, 0.717) is 0 Å². The summed E-state index contributed by atoms with van der Waals surface area (Å²) in [5, 5.41) is 12.2. The van der Waals surface area contributed by atoms with Crippen LogP contribution < -0.4 is 5.32 Å². The molecule has 4 nitrogen and oxygen atoms in total. The van der Waals surface area contributed by atoms with Crippen molar-refractivity contribution in [2.75, 3.05) is 26.2 Å². The van der Waals surface area contributed by atoms with Gasteiger partial charge in [0.05, 0.1) is 6.04 Å². The Balaban J connectivity index is 2.32. The summed E-state index contributed by atoms with van der Waals surface area (Å²) in [6.45, 7) is 9.19. The predicted octanol–water partition coefficient (Wildman–Crippen LogP) is 1.78. The number of aliphatic hydroxyl groups excluding tert-OH is 1. The third kappa shape index (κ3) is 5.91. The van der Waals surface area contributed by atoms with Crippen LogP contribution in [0.2, 0.25) is 0 Å². The summed E-state index contributed by atoms with van der Waals surface area (Å²) < 4.78 is 0. The van der Waals surface area contributed by atoms with Crippen LogP contribution in [0, 0.1) is 5.41 Å². The monoisotopic (exact) mass is 270 g/mol. The molecule has 2 N–H and O–H groups in total. The van der Waals surface area contributed by atoms with Crippen molar-refractivity contribution < 1.29 is 9.90 Å². The maximum absolute atomic E-state index is 12.3. The summed E-state index contributed by atoms with van der Waals surface area (Å²) in [5.41, 5.74) is 0.124. The van der Waals surface area contributed by atoms with Gasteiger partial charge in [-0.15, -0.1) is 0 Å². The van der Waals surface area contributed by atoms with Crippen LogP contribution in [0.5, 0.6) is 0 Å². The van der Waals surface area contributed by atoms with Crippen molar-refractivity contribution in [1.29, 1.82) is 0 Å². The number of aliphatic hydroxyl groups is 1. The normalized spacial score (nSPS) is 18.4. The zero-order valence-corrected chi connectivity index (χ0v) is 12.7. The van der Waals surface area contributed by atoms with Crippen LogP contribution in [0.15, 0.2) is 0 Å². The molecule has 0 radical (unpaired) electrons. The SMILES string of the molecule is CC(NCC(C)(C)CCCO)C(=O)N1CCCCC1. The van der Waals surface area contributed by atoms with E-state index in [4.69, 9.17) is 5.11 Å². The third-order valence-corrected chi connectivity index (χ3v) is 3.94. The predicted molar refractivity (Wildman–Crippen MR) is 78.0 cm³/mol. The molecule has 1 heterocycles. The topological polar surface area (TPSA) is 52.6 Å². The number of hydrogen-bond acceptors (Lipinski definition) is 3. The highest BCUT2D eigenvalue weighted by Crippen LogP contribution is 2.21. The maximum atomic E-state index is 12.3. The van der Waals surface area contributed by atoms with Gasteiger partial charge in [-0.2, -0.15) is 0 Å². The fourth-order valence-corrected chi connectivity index (χ4v) is 2.55. The van der Waals surface area contributed by atoms with Gasteiger partial charge in [0, 0.05) is 26.2 Å². The number of piperidine rings is 1. The molecular formula is C15H30N2O2. The second-order valence-corrected chi connectivity index (χ2v) is 6.48. The molecule has 0 aromatic rings. The Kier molecular flexibility index (Phi) is 6.80. The van der Waals surface area contributed by atoms with Crippen molar-refractivity contribution in [2.45, 2.75) is 58.9 Å². The number of carbonyl (C=O) groups excluding carboxylic acids is 1. The van der Waals surface area contributed by atoms with Crippen LogP contribution in [0.3, 0.4) is 0 Å². The lowest BCUT2D eigenvalue weighted by Gasteiger charge is -2.31. The summed E-state index contributed by atoms with van der Waals surface area (Å²) in [7, 11) is 0. The van der Waals surface area contributed by atoms with E-state index in [1.165, 1.54) is 6.42 Å². The van der Waals surface area contributed by atoms with Crippen molar-refractivity contribution in [3.8, 4) is 0 Å². The molecule has 0 saturated carbocycles. The molecule has 1 atom stereocenters. The lowest BCUT2D eigenvalue weighted by molar-refractivity contribution is -0.134. The van der Waals surface area contributed by atoms with Gasteiger partial charge in [0.2, 0.25) is 5.91 Å². The number of nitrogens with one attached hydrogen (secondary N) is 1. The number of nitrogens with zero attached hydrogens (tertiary/aromatic N) is 1. The number of hydrogen-bond donors (Lipinski definition) is 2. The first-order chi connectivity index (χ1) is 8.96. The van der Waals surface area contributed by atoms with Gasteiger partial charge in [0.1, 0.15) is 0 Å². The van der Waals surface area contributed by atoms with Crippen LogP contribution in [-0.4, -0.2) is 48.2 Å². The van der Waals surface area contributed by atoms with Gasteiger partial charge in [-0.3, -0.25) is 4.79 Å². The van der Waals surface area contributed by atoms with E-state index in [0.717, 1.165) is 45.3 Å². The van der Waals surface area contributed by atoms with Crippen molar-refractivity contribution in [3.05, 3.63) is 0 Å². The molecule has 1 aliphatic heterocycles. The first-order valence-electron chi connectivity index (χ1n) is 7.59. The molecule has 0 aliphatic carbocycles. The second kappa shape index (κ2) is 7.85. The van der Waals surface area contributed by atoms with E-state index in [2.05, 4.69) is 19.2 Å². The number of carbonyl (C=O) groups is 1. The molecule has 4 heteroatoms. The average molecular weight is 270 g/mol. The smallest absolute Gasteiger partial charge is 0.239 e. The summed E-state index contributed by atoms with van der Waals surface area (Å²) in [4.78, 5) is 14.2. The van der Waals surface area contributed by atoms with Gasteiger partial charge in [0.15, 0.2) is 0 Å². The largest absolute Gasteiger partial charge is 0.396 e. The van der Waals surface area contributed by atoms with Gasteiger partial charge in [-0.05, 0) is 44.4 Å². The summed E-state index contributed by atoms with van der Waals surface area (Å²) in [6.07, 6.45) is 5.32. The van der Waals surface area contributed by atoms with E-state index in [9.17, 15) is 4.79 Å². The maximum Gasteiger partial charge on any atom is 0.239 e. The minimum Gasteiger partial charge on any atom is -0.396 e. The highest BCUT2D eigenvalue weighted by atomic mass is 16.2. The lowest BCUT2D eigenvalue weighted by atomic mass is 9.87. The molecule has 1 amide bonds. The van der Waals surface area contributed by atoms with E-state index < -0.39 is 0 Å². The Hall–Kier alpha value is -0.610. The second-order valence-electron chi connectivity index (χ2n) is 6.48. The average Bonchev–Trinajstić information content (AvgIpc) is 2.43. The van der Waals surface area contributed by atoms with Crippen LogP contribution in [0.4, 0.5) is 0 Å². The molecule has 0 bridgehead atoms. The molecule has 1 rings (SSSR count). The molecule has 112 valence electrons. The standard InChI is InChI=1S/C15H30N2O2/c1-13(14(19)17-9-5-4-6-10-17)16-12-15(2,3)8-7-11-18/h13,16,18H,4-12H2,1-3H3. The van der Waals surface area contributed by atoms with Gasteiger partial charge in [0.25, 0.3) is 0 Å². The van der Waals surface area contributed by atoms with Crippen molar-refractivity contribution in [3.63, 3.8) is 0 Å². The Bertz CT molecular complexity index is 273. The first-order valence-corrected chi connectivity index (χ1v) is 7.59. The molecule has 0 aromatic carbocycles. The van der Waals surface area contributed by atoms with E-state index in [1.807, 2.05) is 11.8 Å². The van der Waals surface area contributed by atoms with Crippen molar-refractivity contribution in [1.82, 2.24) is 10.2 Å². The molecule has 0 spiro atoms. The van der Waals surface area contributed by atoms with Crippen LogP contribution >= 0.6 is 0 Å². The third-order valence-electron chi connectivity index (χ3n) is 3.94. The van der Waals surface area contributed by atoms with E-state index in [-0.39, 0.29) is 24.0 Å². The highest BCUT2D eigenvalue weighted by Gasteiger charge is 2.24. The van der Waals surface area contributed by atoms with Crippen molar-refractivity contribution >= 4 is 5.91 Å². The Labute approximate surface area is 117 Å². The van der Waals surface area contributed by atoms with Crippen LogP contribution in [-0.2, 0) is 4.79 Å². The summed E-state index contributed by atoms with van der Waals surface area (Å²) in [5.74, 6) is 0.234. The molecule has 1 aliphatic rings. The van der Waals surface area contributed by atoms with Gasteiger partial charge in [-0.1, -0.05) is 13.8 Å². The van der Waals surface area contributed by atoms with Gasteiger partial charge < -0.3 is 15.3 Å². The fraction of sp³-hybridized carbons (Fsp3) is 0.933. The van der Waals surface area contributed by atoms with E-state index in [1.54, 1.807) is 0 Å². The minimum absolute atomic E-state index is 0.105. The number of likely N-dealkylation sites (tertiary alicyclic amines) is 1. The van der Waals surface area contributed by atoms with Gasteiger partial charge in [-0.25, -0.2) is 0 Å². The Morgan fingerprint density at radius 1 is 1.32 bits per heavy atom. The van der Waals surface area contributed by atoms with E-state index >= 15 is 0 Å².